The van der Waals surface area contributed by atoms with Crippen LogP contribution in [-0.2, 0) is 0 Å². The van der Waals surface area contributed by atoms with Gasteiger partial charge in [-0.25, -0.2) is 9.67 Å². The third kappa shape index (κ3) is 3.11. The molecule has 2 aromatic heterocycles. The monoisotopic (exact) mass is 308 g/mol. The minimum Gasteiger partial charge on any atom is -0.460 e. The lowest BCUT2D eigenvalue weighted by atomic mass is 10.1. The van der Waals surface area contributed by atoms with Gasteiger partial charge in [0.15, 0.2) is 0 Å². The maximum Gasteiger partial charge on any atom is 0.257 e. The fourth-order valence-corrected chi connectivity index (χ4v) is 2.17. The lowest BCUT2D eigenvalue weighted by Crippen LogP contribution is -2.26. The Morgan fingerprint density at radius 1 is 1.17 bits per heavy atom. The van der Waals surface area contributed by atoms with Crippen molar-refractivity contribution in [2.45, 2.75) is 20.1 Å². The number of Topliss-reactive ketones (excluding diaryl/α,β-unsaturated/α-hetero) is 1. The van der Waals surface area contributed by atoms with Crippen LogP contribution in [0.3, 0.4) is 0 Å². The van der Waals surface area contributed by atoms with Crippen molar-refractivity contribution in [3.05, 3.63) is 72.1 Å². The number of carbonyl (C=O) groups excluding carboxylic acids is 1. The van der Waals surface area contributed by atoms with Crippen molar-refractivity contribution in [1.82, 2.24) is 19.7 Å². The number of aryl methyl sites for hydroxylation is 1. The summed E-state index contributed by atoms with van der Waals surface area (Å²) in [5.41, 5.74) is 2.38. The topological polar surface area (TPSA) is 69.9 Å². The van der Waals surface area contributed by atoms with Crippen LogP contribution in [0.25, 0.3) is 0 Å². The van der Waals surface area contributed by atoms with Gasteiger partial charge in [0.05, 0.1) is 0 Å². The predicted molar refractivity (Wildman–Crippen MR) is 84.2 cm³/mol. The quantitative estimate of drug-likeness (QED) is 0.678. The number of carbonyl (C=O) groups is 1. The summed E-state index contributed by atoms with van der Waals surface area (Å²) < 4.78 is 7.35. The number of pyridine rings is 1. The molecule has 3 rings (SSSR count). The van der Waals surface area contributed by atoms with Crippen molar-refractivity contribution in [2.75, 3.05) is 0 Å². The van der Waals surface area contributed by atoms with Crippen LogP contribution in [-0.4, -0.2) is 25.5 Å². The highest BCUT2D eigenvalue weighted by Gasteiger charge is 2.26. The van der Waals surface area contributed by atoms with Gasteiger partial charge in [-0.15, -0.1) is 0 Å². The van der Waals surface area contributed by atoms with Gasteiger partial charge < -0.3 is 4.74 Å². The molecule has 0 saturated carbocycles. The zero-order valence-electron chi connectivity index (χ0n) is 12.9. The zero-order valence-corrected chi connectivity index (χ0v) is 12.9. The number of ether oxygens (including phenoxy) is 1. The van der Waals surface area contributed by atoms with E-state index in [9.17, 15) is 4.79 Å². The van der Waals surface area contributed by atoms with Crippen LogP contribution >= 0.6 is 0 Å². The summed E-state index contributed by atoms with van der Waals surface area (Å²) in [5.74, 6) is 0.354. The molecule has 0 saturated heterocycles. The van der Waals surface area contributed by atoms with Gasteiger partial charge in [0, 0.05) is 6.20 Å². The number of nitrogens with zero attached hydrogens (tertiary/aromatic N) is 4. The number of rotatable bonds is 5. The molecule has 0 fully saturated rings. The maximum atomic E-state index is 12.8. The van der Waals surface area contributed by atoms with Crippen LogP contribution < -0.4 is 4.74 Å². The fourth-order valence-electron chi connectivity index (χ4n) is 2.17. The van der Waals surface area contributed by atoms with Gasteiger partial charge >= 0.3 is 0 Å². The molecular formula is C17H16N4O2. The summed E-state index contributed by atoms with van der Waals surface area (Å²) in [5, 5.41) is 4.04. The highest BCUT2D eigenvalue weighted by atomic mass is 16.5. The summed E-state index contributed by atoms with van der Waals surface area (Å²) in [6.07, 6.45) is 3.44. The Hall–Kier alpha value is -3.02. The summed E-state index contributed by atoms with van der Waals surface area (Å²) >= 11 is 0. The molecule has 0 aliphatic heterocycles. The highest BCUT2D eigenvalue weighted by Crippen LogP contribution is 2.25. The molecule has 3 aromatic rings. The van der Waals surface area contributed by atoms with E-state index in [-0.39, 0.29) is 5.78 Å². The van der Waals surface area contributed by atoms with Crippen molar-refractivity contribution in [3.8, 4) is 5.75 Å². The molecular weight excluding hydrogens is 292 g/mol. The zero-order chi connectivity index (χ0) is 16.2. The van der Waals surface area contributed by atoms with E-state index in [1.165, 1.54) is 17.3 Å². The molecule has 2 heterocycles. The Morgan fingerprint density at radius 2 is 2.04 bits per heavy atom. The van der Waals surface area contributed by atoms with Crippen LogP contribution in [0, 0.1) is 13.8 Å². The molecule has 1 atom stereocenters. The van der Waals surface area contributed by atoms with Gasteiger partial charge in [-0.3, -0.25) is 9.78 Å². The lowest BCUT2D eigenvalue weighted by molar-refractivity contribution is 0.0611. The third-order valence-corrected chi connectivity index (χ3v) is 3.61. The SMILES string of the molecule is Cc1cccc(O[C@H](C(=O)c2ccccn2)n2cncn2)c1C. The Balaban J connectivity index is 1.97. The normalized spacial score (nSPS) is 11.9. The Morgan fingerprint density at radius 3 is 2.74 bits per heavy atom. The van der Waals surface area contributed by atoms with Crippen LogP contribution in [0.1, 0.15) is 27.8 Å². The van der Waals surface area contributed by atoms with Crippen LogP contribution in [0.4, 0.5) is 0 Å². The average Bonchev–Trinajstić information content (AvgIpc) is 3.11. The van der Waals surface area contributed by atoms with Crippen LogP contribution in [0.2, 0.25) is 0 Å². The molecule has 0 amide bonds. The number of ketones is 1. The molecule has 0 aliphatic rings. The predicted octanol–water partition coefficient (Wildman–Crippen LogP) is 2.75. The Bertz CT molecular complexity index is 801. The molecule has 116 valence electrons. The van der Waals surface area contributed by atoms with Gasteiger partial charge in [0.2, 0.25) is 5.78 Å². The standard InChI is InChI=1S/C17H16N4O2/c1-12-6-5-8-15(13(12)2)23-17(21-11-18-10-20-21)16(22)14-7-3-4-9-19-14/h3-11,17H,1-2H3/t17-/m1/s1. The first-order valence-electron chi connectivity index (χ1n) is 7.19. The van der Waals surface area contributed by atoms with Crippen molar-refractivity contribution in [3.63, 3.8) is 0 Å². The van der Waals surface area contributed by atoms with Crippen LogP contribution in [0.15, 0.2) is 55.2 Å². The van der Waals surface area contributed by atoms with Gasteiger partial charge in [-0.05, 0) is 43.2 Å². The summed E-state index contributed by atoms with van der Waals surface area (Å²) in [7, 11) is 0. The molecule has 0 N–H and O–H groups in total. The number of hydrogen-bond donors (Lipinski definition) is 0. The molecule has 6 heteroatoms. The van der Waals surface area contributed by atoms with Gasteiger partial charge in [-0.2, -0.15) is 5.10 Å². The Kier molecular flexibility index (Phi) is 4.14. The fraction of sp³-hybridized carbons (Fsp3) is 0.176. The van der Waals surface area contributed by atoms with Gasteiger partial charge in [0.1, 0.15) is 24.1 Å². The molecule has 0 unspecified atom stereocenters. The van der Waals surface area contributed by atoms with Gasteiger partial charge in [-0.1, -0.05) is 18.2 Å². The molecule has 6 nitrogen and oxygen atoms in total. The summed E-state index contributed by atoms with van der Waals surface area (Å²) in [4.78, 5) is 20.8. The first-order valence-corrected chi connectivity index (χ1v) is 7.19. The molecule has 0 spiro atoms. The number of aromatic nitrogens is 4. The third-order valence-electron chi connectivity index (χ3n) is 3.61. The Labute approximate surface area is 133 Å². The van der Waals surface area contributed by atoms with Crippen molar-refractivity contribution in [2.24, 2.45) is 0 Å². The van der Waals surface area contributed by atoms with E-state index >= 15 is 0 Å². The van der Waals surface area contributed by atoms with Gasteiger partial charge in [0.25, 0.3) is 6.23 Å². The minimum absolute atomic E-state index is 0.281. The van der Waals surface area contributed by atoms with Crippen LogP contribution in [0.5, 0.6) is 5.75 Å². The molecule has 0 radical (unpaired) electrons. The largest absolute Gasteiger partial charge is 0.460 e. The van der Waals surface area contributed by atoms with E-state index in [4.69, 9.17) is 4.74 Å². The average molecular weight is 308 g/mol. The first-order chi connectivity index (χ1) is 11.2. The second-order valence-electron chi connectivity index (χ2n) is 5.12. The number of benzene rings is 1. The smallest absolute Gasteiger partial charge is 0.257 e. The molecule has 1 aromatic carbocycles. The second-order valence-corrected chi connectivity index (χ2v) is 5.12. The first kappa shape index (κ1) is 14.9. The lowest BCUT2D eigenvalue weighted by Gasteiger charge is -2.19. The van der Waals surface area contributed by atoms with Crippen molar-refractivity contribution < 1.29 is 9.53 Å². The molecule has 0 aliphatic carbocycles. The maximum absolute atomic E-state index is 12.8. The van der Waals surface area contributed by atoms with E-state index in [1.807, 2.05) is 32.0 Å². The highest BCUT2D eigenvalue weighted by molar-refractivity contribution is 5.96. The second kappa shape index (κ2) is 6.39. The van der Waals surface area contributed by atoms with E-state index in [1.54, 1.807) is 24.4 Å². The number of hydrogen-bond acceptors (Lipinski definition) is 5. The molecule has 23 heavy (non-hydrogen) atoms. The van der Waals surface area contributed by atoms with Crippen molar-refractivity contribution >= 4 is 5.78 Å². The van der Waals surface area contributed by atoms with E-state index < -0.39 is 6.23 Å². The van der Waals surface area contributed by atoms with E-state index in [0.717, 1.165) is 11.1 Å². The summed E-state index contributed by atoms with van der Waals surface area (Å²) in [6, 6.07) is 10.9. The molecule has 0 bridgehead atoms. The van der Waals surface area contributed by atoms with E-state index in [2.05, 4.69) is 15.1 Å². The minimum atomic E-state index is -0.951. The summed E-state index contributed by atoms with van der Waals surface area (Å²) in [6.45, 7) is 3.95. The van der Waals surface area contributed by atoms with E-state index in [0.29, 0.717) is 11.4 Å². The van der Waals surface area contributed by atoms with Crippen molar-refractivity contribution in [1.29, 1.82) is 0 Å².